The molecule has 2 aromatic rings. The van der Waals surface area contributed by atoms with Crippen molar-refractivity contribution in [1.82, 2.24) is 10.3 Å². The van der Waals surface area contributed by atoms with Gasteiger partial charge in [0.25, 0.3) is 5.91 Å². The first-order valence-corrected chi connectivity index (χ1v) is 7.62. The summed E-state index contributed by atoms with van der Waals surface area (Å²) >= 11 is 11.8. The molecule has 0 saturated carbocycles. The van der Waals surface area contributed by atoms with Crippen molar-refractivity contribution in [2.75, 3.05) is 6.54 Å². The van der Waals surface area contributed by atoms with Crippen LogP contribution in [0.15, 0.2) is 36.7 Å². The van der Waals surface area contributed by atoms with Crippen molar-refractivity contribution >= 4 is 29.1 Å². The molecule has 0 radical (unpaired) electrons. The molecule has 22 heavy (non-hydrogen) atoms. The van der Waals surface area contributed by atoms with Gasteiger partial charge >= 0.3 is 0 Å². The Balaban J connectivity index is 2.04. The van der Waals surface area contributed by atoms with Crippen LogP contribution < -0.4 is 5.32 Å². The number of nitrogens with one attached hydrogen (secondary N) is 1. The number of aryl methyl sites for hydroxylation is 1. The van der Waals surface area contributed by atoms with E-state index < -0.39 is 6.10 Å². The largest absolute Gasteiger partial charge is 0.387 e. The summed E-state index contributed by atoms with van der Waals surface area (Å²) in [5.41, 5.74) is 1.98. The highest BCUT2D eigenvalue weighted by Gasteiger charge is 2.14. The monoisotopic (exact) mass is 338 g/mol. The van der Waals surface area contributed by atoms with E-state index >= 15 is 0 Å². The maximum absolute atomic E-state index is 12.2. The molecule has 1 unspecified atom stereocenters. The van der Waals surface area contributed by atoms with E-state index in [0.29, 0.717) is 27.6 Å². The first-order chi connectivity index (χ1) is 10.5. The molecule has 4 nitrogen and oxygen atoms in total. The topological polar surface area (TPSA) is 62.2 Å². The Morgan fingerprint density at radius 3 is 2.64 bits per heavy atom. The molecule has 6 heteroatoms. The molecule has 0 saturated heterocycles. The third-order valence-electron chi connectivity index (χ3n) is 3.25. The molecule has 2 rings (SSSR count). The van der Waals surface area contributed by atoms with Crippen LogP contribution in [-0.2, 0) is 6.42 Å². The van der Waals surface area contributed by atoms with Gasteiger partial charge in [-0.1, -0.05) is 30.1 Å². The van der Waals surface area contributed by atoms with Crippen LogP contribution in [0.5, 0.6) is 0 Å². The number of benzene rings is 1. The maximum Gasteiger partial charge on any atom is 0.251 e. The van der Waals surface area contributed by atoms with Gasteiger partial charge in [0.15, 0.2) is 0 Å². The minimum atomic E-state index is -0.882. The Labute approximate surface area is 139 Å². The number of amides is 1. The summed E-state index contributed by atoms with van der Waals surface area (Å²) in [6.07, 6.45) is 3.07. The Hall–Kier alpha value is -1.62. The number of aliphatic hydroxyl groups is 1. The third-order valence-corrected chi connectivity index (χ3v) is 3.69. The summed E-state index contributed by atoms with van der Waals surface area (Å²) < 4.78 is 0. The molecule has 0 fully saturated rings. The number of carbonyl (C=O) groups is 1. The second kappa shape index (κ2) is 7.58. The summed E-state index contributed by atoms with van der Waals surface area (Å²) in [7, 11) is 0. The average molecular weight is 339 g/mol. The predicted octanol–water partition coefficient (Wildman–Crippen LogP) is 3.41. The molecular weight excluding hydrogens is 323 g/mol. The van der Waals surface area contributed by atoms with Gasteiger partial charge in [-0.3, -0.25) is 9.78 Å². The Morgan fingerprint density at radius 1 is 1.32 bits per heavy atom. The molecule has 0 aliphatic carbocycles. The van der Waals surface area contributed by atoms with Crippen LogP contribution in [0, 0.1) is 0 Å². The van der Waals surface area contributed by atoms with Gasteiger partial charge in [0.2, 0.25) is 0 Å². The maximum atomic E-state index is 12.2. The van der Waals surface area contributed by atoms with Crippen molar-refractivity contribution in [3.8, 4) is 0 Å². The lowest BCUT2D eigenvalue weighted by atomic mass is 10.1. The molecule has 0 aliphatic rings. The minimum Gasteiger partial charge on any atom is -0.387 e. The van der Waals surface area contributed by atoms with Crippen LogP contribution >= 0.6 is 23.2 Å². The SMILES string of the molecule is CCc1cnccc1C(=O)NCC(O)c1cc(Cl)cc(Cl)c1. The fourth-order valence-electron chi connectivity index (χ4n) is 2.10. The number of nitrogens with zero attached hydrogens (tertiary/aromatic N) is 1. The molecular formula is C16H16Cl2N2O2. The first kappa shape index (κ1) is 16.7. The average Bonchev–Trinajstić information content (AvgIpc) is 2.51. The number of halogens is 2. The van der Waals surface area contributed by atoms with E-state index in [4.69, 9.17) is 23.2 Å². The zero-order chi connectivity index (χ0) is 16.1. The van der Waals surface area contributed by atoms with E-state index in [9.17, 15) is 9.90 Å². The lowest BCUT2D eigenvalue weighted by Gasteiger charge is -2.14. The smallest absolute Gasteiger partial charge is 0.251 e. The van der Waals surface area contributed by atoms with E-state index in [2.05, 4.69) is 10.3 Å². The molecule has 1 atom stereocenters. The third kappa shape index (κ3) is 4.19. The van der Waals surface area contributed by atoms with Crippen molar-refractivity contribution < 1.29 is 9.90 Å². The van der Waals surface area contributed by atoms with E-state index in [1.165, 1.54) is 0 Å². The highest BCUT2D eigenvalue weighted by Crippen LogP contribution is 2.23. The van der Waals surface area contributed by atoms with E-state index in [-0.39, 0.29) is 12.5 Å². The summed E-state index contributed by atoms with van der Waals surface area (Å²) in [4.78, 5) is 16.2. The van der Waals surface area contributed by atoms with Gasteiger partial charge in [0.05, 0.1) is 6.10 Å². The van der Waals surface area contributed by atoms with Crippen molar-refractivity contribution in [1.29, 1.82) is 0 Å². The van der Waals surface area contributed by atoms with Crippen LogP contribution in [0.4, 0.5) is 0 Å². The molecule has 0 aliphatic heterocycles. The van der Waals surface area contributed by atoms with Gasteiger partial charge in [0.1, 0.15) is 0 Å². The van der Waals surface area contributed by atoms with Crippen LogP contribution in [-0.4, -0.2) is 22.5 Å². The molecule has 1 aromatic heterocycles. The molecule has 1 amide bonds. The summed E-state index contributed by atoms with van der Waals surface area (Å²) in [5.74, 6) is -0.244. The first-order valence-electron chi connectivity index (χ1n) is 6.86. The quantitative estimate of drug-likeness (QED) is 0.877. The number of aliphatic hydroxyl groups excluding tert-OH is 1. The Bertz CT molecular complexity index is 657. The van der Waals surface area contributed by atoms with E-state index in [1.807, 2.05) is 6.92 Å². The molecule has 0 spiro atoms. The molecule has 1 aromatic carbocycles. The lowest BCUT2D eigenvalue weighted by Crippen LogP contribution is -2.29. The predicted molar refractivity (Wildman–Crippen MR) is 87.4 cm³/mol. The van der Waals surface area contributed by atoms with Gasteiger partial charge < -0.3 is 10.4 Å². The van der Waals surface area contributed by atoms with Gasteiger partial charge in [-0.05, 0) is 41.8 Å². The Kier molecular flexibility index (Phi) is 5.77. The fraction of sp³-hybridized carbons (Fsp3) is 0.250. The van der Waals surface area contributed by atoms with Gasteiger partial charge in [0, 0.05) is 34.5 Å². The Morgan fingerprint density at radius 2 is 2.00 bits per heavy atom. The van der Waals surface area contributed by atoms with Gasteiger partial charge in [-0.25, -0.2) is 0 Å². The van der Waals surface area contributed by atoms with Crippen LogP contribution in [0.1, 0.15) is 34.5 Å². The van der Waals surface area contributed by atoms with E-state index in [1.54, 1.807) is 36.7 Å². The second-order valence-corrected chi connectivity index (χ2v) is 5.69. The normalized spacial score (nSPS) is 12.0. The van der Waals surface area contributed by atoms with Crippen LogP contribution in [0.25, 0.3) is 0 Å². The number of rotatable bonds is 5. The highest BCUT2D eigenvalue weighted by molar-refractivity contribution is 6.34. The lowest BCUT2D eigenvalue weighted by molar-refractivity contribution is 0.0915. The van der Waals surface area contributed by atoms with Crippen molar-refractivity contribution in [2.45, 2.75) is 19.4 Å². The fourth-order valence-corrected chi connectivity index (χ4v) is 2.64. The number of aromatic nitrogens is 1. The van der Waals surface area contributed by atoms with Crippen molar-refractivity contribution in [3.63, 3.8) is 0 Å². The zero-order valence-electron chi connectivity index (χ0n) is 12.0. The number of carbonyl (C=O) groups excluding carboxylic acids is 1. The second-order valence-electron chi connectivity index (χ2n) is 4.81. The molecule has 0 bridgehead atoms. The highest BCUT2D eigenvalue weighted by atomic mass is 35.5. The van der Waals surface area contributed by atoms with Gasteiger partial charge in [-0.2, -0.15) is 0 Å². The number of pyridine rings is 1. The van der Waals surface area contributed by atoms with E-state index in [0.717, 1.165) is 5.56 Å². The molecule has 2 N–H and O–H groups in total. The summed E-state index contributed by atoms with van der Waals surface area (Å²) in [6.45, 7) is 2.03. The van der Waals surface area contributed by atoms with Crippen LogP contribution in [0.2, 0.25) is 10.0 Å². The summed E-state index contributed by atoms with van der Waals surface area (Å²) in [5, 5.41) is 13.7. The summed E-state index contributed by atoms with van der Waals surface area (Å²) in [6, 6.07) is 6.49. The number of hydrogen-bond donors (Lipinski definition) is 2. The minimum absolute atomic E-state index is 0.0704. The zero-order valence-corrected chi connectivity index (χ0v) is 13.5. The molecule has 116 valence electrons. The van der Waals surface area contributed by atoms with Gasteiger partial charge in [-0.15, -0.1) is 0 Å². The van der Waals surface area contributed by atoms with Crippen LogP contribution in [0.3, 0.4) is 0 Å². The standard InChI is InChI=1S/C16H16Cl2N2O2/c1-2-10-8-19-4-3-14(10)16(22)20-9-15(21)11-5-12(17)7-13(18)6-11/h3-8,15,21H,2,9H2,1H3,(H,20,22). The number of hydrogen-bond acceptors (Lipinski definition) is 3. The van der Waals surface area contributed by atoms with Crippen molar-refractivity contribution in [2.24, 2.45) is 0 Å². The molecule has 1 heterocycles. The van der Waals surface area contributed by atoms with Crippen molar-refractivity contribution in [3.05, 3.63) is 63.4 Å².